The van der Waals surface area contributed by atoms with Crippen molar-refractivity contribution in [3.05, 3.63) is 12.2 Å². The molecule has 1 aromatic heterocycles. The third-order valence-electron chi connectivity index (χ3n) is 1.91. The van der Waals surface area contributed by atoms with Crippen LogP contribution in [0.4, 0.5) is 0 Å². The number of ether oxygens (including phenoxy) is 1. The summed E-state index contributed by atoms with van der Waals surface area (Å²) in [6, 6.07) is 0. The summed E-state index contributed by atoms with van der Waals surface area (Å²) in [5, 5.41) is 7.25. The maximum absolute atomic E-state index is 10.8. The first-order valence-corrected chi connectivity index (χ1v) is 4.84. The molecule has 0 spiro atoms. The van der Waals surface area contributed by atoms with Gasteiger partial charge in [0.2, 0.25) is 0 Å². The summed E-state index contributed by atoms with van der Waals surface area (Å²) in [4.78, 5) is 14.8. The van der Waals surface area contributed by atoms with Crippen LogP contribution in [0.2, 0.25) is 0 Å². The lowest BCUT2D eigenvalue weighted by Crippen LogP contribution is -2.21. The van der Waals surface area contributed by atoms with Crippen LogP contribution < -0.4 is 5.32 Å². The number of nitrogens with zero attached hydrogens (tertiary/aromatic N) is 3. The minimum atomic E-state index is -0.196. The Hall–Kier alpha value is -1.43. The second kappa shape index (κ2) is 6.13. The molecule has 0 saturated carbocycles. The summed E-state index contributed by atoms with van der Waals surface area (Å²) in [6.07, 6.45) is 2.83. The molecule has 84 valence electrons. The van der Waals surface area contributed by atoms with E-state index in [0.29, 0.717) is 13.0 Å². The first-order valence-electron chi connectivity index (χ1n) is 4.84. The summed E-state index contributed by atoms with van der Waals surface area (Å²) in [5.41, 5.74) is 0. The number of esters is 1. The molecule has 15 heavy (non-hydrogen) atoms. The van der Waals surface area contributed by atoms with Crippen LogP contribution in [0.15, 0.2) is 6.33 Å². The molecule has 0 fully saturated rings. The van der Waals surface area contributed by atoms with Gasteiger partial charge in [-0.15, -0.1) is 0 Å². The van der Waals surface area contributed by atoms with Crippen LogP contribution in [-0.4, -0.2) is 40.9 Å². The van der Waals surface area contributed by atoms with E-state index in [-0.39, 0.29) is 5.97 Å². The van der Waals surface area contributed by atoms with Gasteiger partial charge in [0.05, 0.1) is 13.5 Å². The largest absolute Gasteiger partial charge is 0.469 e. The Labute approximate surface area is 88.6 Å². The average Bonchev–Trinajstić information content (AvgIpc) is 2.63. The lowest BCUT2D eigenvalue weighted by atomic mass is 10.4. The first-order chi connectivity index (χ1) is 7.22. The quantitative estimate of drug-likeness (QED) is 0.509. The lowest BCUT2D eigenvalue weighted by molar-refractivity contribution is -0.140. The van der Waals surface area contributed by atoms with Crippen molar-refractivity contribution in [1.29, 1.82) is 0 Å². The van der Waals surface area contributed by atoms with Gasteiger partial charge in [0.25, 0.3) is 0 Å². The van der Waals surface area contributed by atoms with Crippen molar-refractivity contribution in [2.45, 2.75) is 12.8 Å². The normalized spacial score (nSPS) is 10.3. The number of aryl methyl sites for hydroxylation is 1. The van der Waals surface area contributed by atoms with E-state index in [0.717, 1.165) is 18.8 Å². The van der Waals surface area contributed by atoms with E-state index in [4.69, 9.17) is 0 Å². The Bertz CT molecular complexity index is 311. The van der Waals surface area contributed by atoms with Gasteiger partial charge in [-0.05, 0) is 0 Å². The zero-order chi connectivity index (χ0) is 11.1. The highest BCUT2D eigenvalue weighted by Crippen LogP contribution is 1.88. The number of aromatic nitrogens is 3. The predicted octanol–water partition coefficient (Wildman–Crippen LogP) is -0.490. The third-order valence-corrected chi connectivity index (χ3v) is 1.91. The van der Waals surface area contributed by atoms with Crippen LogP contribution in [-0.2, 0) is 23.0 Å². The molecule has 0 aromatic carbocycles. The molecule has 6 nitrogen and oxygen atoms in total. The topological polar surface area (TPSA) is 69.0 Å². The Morgan fingerprint density at radius 1 is 1.60 bits per heavy atom. The van der Waals surface area contributed by atoms with Crippen LogP contribution in [0.25, 0.3) is 0 Å². The van der Waals surface area contributed by atoms with E-state index in [9.17, 15) is 4.79 Å². The molecule has 0 radical (unpaired) electrons. The number of hydrogen-bond donors (Lipinski definition) is 1. The SMILES string of the molecule is COC(=O)CCNCCc1ncn(C)n1. The molecule has 0 aliphatic carbocycles. The van der Waals surface area contributed by atoms with Gasteiger partial charge in [-0.3, -0.25) is 9.48 Å². The molecule has 1 rings (SSSR count). The van der Waals surface area contributed by atoms with Crippen LogP contribution in [0, 0.1) is 0 Å². The van der Waals surface area contributed by atoms with Crippen LogP contribution in [0.5, 0.6) is 0 Å². The molecule has 6 heteroatoms. The summed E-state index contributed by atoms with van der Waals surface area (Å²) < 4.78 is 6.18. The molecule has 0 unspecified atom stereocenters. The van der Waals surface area contributed by atoms with Crippen molar-refractivity contribution < 1.29 is 9.53 Å². The highest BCUT2D eigenvalue weighted by molar-refractivity contribution is 5.69. The number of rotatable bonds is 6. The fourth-order valence-electron chi connectivity index (χ4n) is 1.12. The van der Waals surface area contributed by atoms with E-state index in [2.05, 4.69) is 20.1 Å². The predicted molar refractivity (Wildman–Crippen MR) is 54.2 cm³/mol. The van der Waals surface area contributed by atoms with Crippen molar-refractivity contribution in [3.8, 4) is 0 Å². The fraction of sp³-hybridized carbons (Fsp3) is 0.667. The molecule has 1 aromatic rings. The Kier molecular flexibility index (Phi) is 4.76. The maximum Gasteiger partial charge on any atom is 0.306 e. The van der Waals surface area contributed by atoms with Crippen molar-refractivity contribution in [2.24, 2.45) is 7.05 Å². The number of carbonyl (C=O) groups is 1. The average molecular weight is 212 g/mol. The van der Waals surface area contributed by atoms with E-state index in [1.54, 1.807) is 11.0 Å². The van der Waals surface area contributed by atoms with Crippen LogP contribution in [0.1, 0.15) is 12.2 Å². The van der Waals surface area contributed by atoms with Gasteiger partial charge < -0.3 is 10.1 Å². The zero-order valence-electron chi connectivity index (χ0n) is 9.06. The van der Waals surface area contributed by atoms with Gasteiger partial charge in [-0.1, -0.05) is 0 Å². The molecule has 1 heterocycles. The fourth-order valence-corrected chi connectivity index (χ4v) is 1.12. The monoisotopic (exact) mass is 212 g/mol. The van der Waals surface area contributed by atoms with Crippen LogP contribution in [0.3, 0.4) is 0 Å². The highest BCUT2D eigenvalue weighted by Gasteiger charge is 2.00. The molecule has 0 aliphatic rings. The second-order valence-corrected chi connectivity index (χ2v) is 3.16. The lowest BCUT2D eigenvalue weighted by Gasteiger charge is -2.01. The molecule has 0 amide bonds. The minimum absolute atomic E-state index is 0.196. The van der Waals surface area contributed by atoms with Crippen molar-refractivity contribution >= 4 is 5.97 Å². The summed E-state index contributed by atoms with van der Waals surface area (Å²) >= 11 is 0. The molecular formula is C9H16N4O2. The standard InChI is InChI=1S/C9H16N4O2/c1-13-7-11-8(12-13)3-5-10-6-4-9(14)15-2/h7,10H,3-6H2,1-2H3. The van der Waals surface area contributed by atoms with E-state index < -0.39 is 0 Å². The van der Waals surface area contributed by atoms with Gasteiger partial charge in [0.15, 0.2) is 5.82 Å². The molecule has 0 atom stereocenters. The zero-order valence-corrected chi connectivity index (χ0v) is 9.06. The van der Waals surface area contributed by atoms with Gasteiger partial charge in [0.1, 0.15) is 6.33 Å². The van der Waals surface area contributed by atoms with Gasteiger partial charge >= 0.3 is 5.97 Å². The van der Waals surface area contributed by atoms with Crippen LogP contribution >= 0.6 is 0 Å². The second-order valence-electron chi connectivity index (χ2n) is 3.16. The van der Waals surface area contributed by atoms with Crippen molar-refractivity contribution in [2.75, 3.05) is 20.2 Å². The van der Waals surface area contributed by atoms with Gasteiger partial charge in [-0.2, -0.15) is 5.10 Å². The van der Waals surface area contributed by atoms with Crippen molar-refractivity contribution in [1.82, 2.24) is 20.1 Å². The van der Waals surface area contributed by atoms with Gasteiger partial charge in [0, 0.05) is 26.6 Å². The smallest absolute Gasteiger partial charge is 0.306 e. The Morgan fingerprint density at radius 2 is 2.40 bits per heavy atom. The number of carbonyl (C=O) groups excluding carboxylic acids is 1. The molecule has 0 aliphatic heterocycles. The molecule has 1 N–H and O–H groups in total. The Balaban J connectivity index is 2.05. The Morgan fingerprint density at radius 3 is 3.00 bits per heavy atom. The third kappa shape index (κ3) is 4.55. The summed E-state index contributed by atoms with van der Waals surface area (Å²) in [6.45, 7) is 1.39. The first kappa shape index (κ1) is 11.6. The maximum atomic E-state index is 10.8. The molecule has 0 bridgehead atoms. The molecular weight excluding hydrogens is 196 g/mol. The summed E-state index contributed by atoms with van der Waals surface area (Å²) in [7, 11) is 3.22. The highest BCUT2D eigenvalue weighted by atomic mass is 16.5. The van der Waals surface area contributed by atoms with E-state index >= 15 is 0 Å². The van der Waals surface area contributed by atoms with Gasteiger partial charge in [-0.25, -0.2) is 4.98 Å². The summed E-state index contributed by atoms with van der Waals surface area (Å²) in [5.74, 6) is 0.613. The number of nitrogens with one attached hydrogen (secondary N) is 1. The van der Waals surface area contributed by atoms with E-state index in [1.807, 2.05) is 7.05 Å². The number of methoxy groups -OCH3 is 1. The number of hydrogen-bond acceptors (Lipinski definition) is 5. The molecule has 0 saturated heterocycles. The minimum Gasteiger partial charge on any atom is -0.469 e. The van der Waals surface area contributed by atoms with E-state index in [1.165, 1.54) is 7.11 Å². The van der Waals surface area contributed by atoms with Crippen molar-refractivity contribution in [3.63, 3.8) is 0 Å².